The molecule has 0 bridgehead atoms. The van der Waals surface area contributed by atoms with Gasteiger partial charge >= 0.3 is 0 Å². The second-order valence-corrected chi connectivity index (χ2v) is 8.86. The lowest BCUT2D eigenvalue weighted by molar-refractivity contribution is -0.384. The molecule has 9 heteroatoms. The van der Waals surface area contributed by atoms with E-state index in [2.05, 4.69) is 10.0 Å². The van der Waals surface area contributed by atoms with E-state index in [9.17, 15) is 18.5 Å². The van der Waals surface area contributed by atoms with Crippen molar-refractivity contribution in [2.24, 2.45) is 0 Å². The number of nitro groups is 1. The molecule has 8 nitrogen and oxygen atoms in total. The fraction of sp³-hybridized carbons (Fsp3) is 0.238. The summed E-state index contributed by atoms with van der Waals surface area (Å²) in [5, 5.41) is 14.6. The minimum atomic E-state index is -4.00. The SMILES string of the molecule is Cc1ccc(NS(=O)(=O)c2ccc(NC(C)c3ccc(C)o3)c([N+](=O)[O-])c2)c(C)c1. The van der Waals surface area contributed by atoms with Crippen LogP contribution < -0.4 is 10.0 Å². The van der Waals surface area contributed by atoms with Crippen molar-refractivity contribution >= 4 is 27.1 Å². The first-order valence-corrected chi connectivity index (χ1v) is 10.8. The molecule has 0 saturated carbocycles. The molecule has 2 aromatic carbocycles. The van der Waals surface area contributed by atoms with Crippen LogP contribution in [0.3, 0.4) is 0 Å². The summed E-state index contributed by atoms with van der Waals surface area (Å²) < 4.78 is 33.6. The van der Waals surface area contributed by atoms with E-state index < -0.39 is 14.9 Å². The molecule has 158 valence electrons. The van der Waals surface area contributed by atoms with Gasteiger partial charge in [-0.25, -0.2) is 8.42 Å². The Balaban J connectivity index is 1.91. The molecule has 0 aliphatic heterocycles. The summed E-state index contributed by atoms with van der Waals surface area (Å²) in [4.78, 5) is 10.8. The quantitative estimate of drug-likeness (QED) is 0.399. The number of nitro benzene ring substituents is 1. The molecule has 1 unspecified atom stereocenters. The maximum absolute atomic E-state index is 12.8. The molecule has 0 radical (unpaired) electrons. The Hall–Kier alpha value is -3.33. The van der Waals surface area contributed by atoms with Crippen LogP contribution in [0.4, 0.5) is 17.1 Å². The van der Waals surface area contributed by atoms with E-state index in [0.29, 0.717) is 11.4 Å². The molecule has 1 atom stereocenters. The monoisotopic (exact) mass is 429 g/mol. The number of benzene rings is 2. The molecule has 0 aliphatic carbocycles. The smallest absolute Gasteiger partial charge is 0.293 e. The van der Waals surface area contributed by atoms with Crippen LogP contribution >= 0.6 is 0 Å². The average Bonchev–Trinajstić information content (AvgIpc) is 3.10. The van der Waals surface area contributed by atoms with E-state index in [1.165, 1.54) is 12.1 Å². The Morgan fingerprint density at radius 2 is 1.70 bits per heavy atom. The van der Waals surface area contributed by atoms with Gasteiger partial charge in [-0.05, 0) is 63.6 Å². The van der Waals surface area contributed by atoms with Crippen LogP contribution in [0.5, 0.6) is 0 Å². The van der Waals surface area contributed by atoms with Crippen molar-refractivity contribution in [3.63, 3.8) is 0 Å². The van der Waals surface area contributed by atoms with Crippen molar-refractivity contribution in [3.8, 4) is 0 Å². The van der Waals surface area contributed by atoms with Crippen molar-refractivity contribution in [2.75, 3.05) is 10.0 Å². The number of nitrogens with zero attached hydrogens (tertiary/aromatic N) is 1. The fourth-order valence-electron chi connectivity index (χ4n) is 3.07. The van der Waals surface area contributed by atoms with Gasteiger partial charge in [0.05, 0.1) is 21.5 Å². The van der Waals surface area contributed by atoms with Crippen LogP contribution in [-0.2, 0) is 10.0 Å². The Labute approximate surface area is 175 Å². The molecule has 3 aromatic rings. The standard InChI is InChI=1S/C21H23N3O5S/c1-13-5-8-18(14(2)11-13)23-30(27,28)17-7-9-19(20(12-17)24(25)26)22-16(4)21-10-6-15(3)29-21/h5-12,16,22-23H,1-4H3. The number of hydrogen-bond donors (Lipinski definition) is 2. The zero-order chi connectivity index (χ0) is 22.1. The highest BCUT2D eigenvalue weighted by atomic mass is 32.2. The summed E-state index contributed by atoms with van der Waals surface area (Å²) in [6.45, 7) is 7.30. The number of sulfonamides is 1. The van der Waals surface area contributed by atoms with Gasteiger partial charge in [0.25, 0.3) is 15.7 Å². The number of nitrogens with one attached hydrogen (secondary N) is 2. The molecule has 1 heterocycles. The van der Waals surface area contributed by atoms with Gasteiger partial charge in [0.15, 0.2) is 0 Å². The zero-order valence-corrected chi connectivity index (χ0v) is 17.9. The maximum atomic E-state index is 12.8. The first-order chi connectivity index (χ1) is 14.1. The molecule has 0 fully saturated rings. The largest absolute Gasteiger partial charge is 0.464 e. The zero-order valence-electron chi connectivity index (χ0n) is 17.1. The van der Waals surface area contributed by atoms with Crippen LogP contribution in [0.1, 0.15) is 35.6 Å². The van der Waals surface area contributed by atoms with Crippen LogP contribution in [0.2, 0.25) is 0 Å². The van der Waals surface area contributed by atoms with Crippen LogP contribution in [0.25, 0.3) is 0 Å². The van der Waals surface area contributed by atoms with Gasteiger partial charge in [-0.2, -0.15) is 0 Å². The third kappa shape index (κ3) is 4.62. The molecular formula is C21H23N3O5S. The first-order valence-electron chi connectivity index (χ1n) is 9.28. The Bertz CT molecular complexity index is 1200. The van der Waals surface area contributed by atoms with E-state index in [1.807, 2.05) is 13.0 Å². The molecule has 2 N–H and O–H groups in total. The van der Waals surface area contributed by atoms with Crippen molar-refractivity contribution in [1.29, 1.82) is 0 Å². The molecule has 3 rings (SSSR count). The van der Waals surface area contributed by atoms with Crippen molar-refractivity contribution in [1.82, 2.24) is 0 Å². The highest BCUT2D eigenvalue weighted by Crippen LogP contribution is 2.32. The van der Waals surface area contributed by atoms with E-state index in [-0.39, 0.29) is 22.3 Å². The number of anilines is 2. The normalized spacial score (nSPS) is 12.4. The molecule has 0 saturated heterocycles. The van der Waals surface area contributed by atoms with Gasteiger partial charge in [0.1, 0.15) is 17.2 Å². The number of furan rings is 1. The van der Waals surface area contributed by atoms with E-state index in [4.69, 9.17) is 4.42 Å². The van der Waals surface area contributed by atoms with Crippen LogP contribution in [-0.4, -0.2) is 13.3 Å². The molecule has 30 heavy (non-hydrogen) atoms. The van der Waals surface area contributed by atoms with Gasteiger partial charge in [-0.3, -0.25) is 14.8 Å². The summed E-state index contributed by atoms with van der Waals surface area (Å²) in [7, 11) is -4.00. The summed E-state index contributed by atoms with van der Waals surface area (Å²) in [5.41, 5.74) is 2.05. The van der Waals surface area contributed by atoms with Gasteiger partial charge in [0.2, 0.25) is 0 Å². The minimum Gasteiger partial charge on any atom is -0.464 e. The second kappa shape index (κ2) is 8.19. The van der Waals surface area contributed by atoms with Crippen molar-refractivity contribution < 1.29 is 17.8 Å². The van der Waals surface area contributed by atoms with Crippen molar-refractivity contribution in [2.45, 2.75) is 38.6 Å². The van der Waals surface area contributed by atoms with E-state index in [0.717, 1.165) is 23.0 Å². The predicted octanol–water partition coefficient (Wildman–Crippen LogP) is 5.09. The summed E-state index contributed by atoms with van der Waals surface area (Å²) in [6.07, 6.45) is 0. The lowest BCUT2D eigenvalue weighted by Crippen LogP contribution is -2.15. The minimum absolute atomic E-state index is 0.193. The van der Waals surface area contributed by atoms with Gasteiger partial charge in [-0.1, -0.05) is 17.7 Å². The van der Waals surface area contributed by atoms with Crippen LogP contribution in [0, 0.1) is 30.9 Å². The Morgan fingerprint density at radius 3 is 2.30 bits per heavy atom. The predicted molar refractivity (Wildman–Crippen MR) is 115 cm³/mol. The molecule has 0 aliphatic rings. The van der Waals surface area contributed by atoms with Gasteiger partial charge < -0.3 is 9.73 Å². The molecule has 1 aromatic heterocycles. The highest BCUT2D eigenvalue weighted by Gasteiger charge is 2.23. The maximum Gasteiger partial charge on any atom is 0.293 e. The second-order valence-electron chi connectivity index (χ2n) is 7.17. The topological polar surface area (TPSA) is 114 Å². The Morgan fingerprint density at radius 1 is 1.00 bits per heavy atom. The molecule has 0 amide bonds. The van der Waals surface area contributed by atoms with Gasteiger partial charge in [-0.15, -0.1) is 0 Å². The highest BCUT2D eigenvalue weighted by molar-refractivity contribution is 7.92. The number of rotatable bonds is 7. The number of hydrogen-bond acceptors (Lipinski definition) is 6. The molecule has 0 spiro atoms. The lowest BCUT2D eigenvalue weighted by Gasteiger charge is -2.15. The van der Waals surface area contributed by atoms with Crippen molar-refractivity contribution in [3.05, 3.63) is 81.3 Å². The van der Waals surface area contributed by atoms with Crippen LogP contribution in [0.15, 0.2) is 57.8 Å². The fourth-order valence-corrected chi connectivity index (χ4v) is 4.22. The number of aryl methyl sites for hydroxylation is 3. The molecular weight excluding hydrogens is 406 g/mol. The lowest BCUT2D eigenvalue weighted by atomic mass is 10.1. The summed E-state index contributed by atoms with van der Waals surface area (Å²) in [5.74, 6) is 1.35. The van der Waals surface area contributed by atoms with Gasteiger partial charge in [0, 0.05) is 6.07 Å². The third-order valence-electron chi connectivity index (χ3n) is 4.66. The summed E-state index contributed by atoms with van der Waals surface area (Å²) in [6, 6.07) is 12.3. The first kappa shape index (κ1) is 21.4. The average molecular weight is 429 g/mol. The Kier molecular flexibility index (Phi) is 5.84. The summed E-state index contributed by atoms with van der Waals surface area (Å²) >= 11 is 0. The third-order valence-corrected chi connectivity index (χ3v) is 6.03. The van der Waals surface area contributed by atoms with E-state index in [1.54, 1.807) is 45.0 Å². The van der Waals surface area contributed by atoms with E-state index >= 15 is 0 Å².